The lowest BCUT2D eigenvalue weighted by atomic mass is 10.2. The quantitative estimate of drug-likeness (QED) is 0.889. The van der Waals surface area contributed by atoms with Gasteiger partial charge >= 0.3 is 0 Å². The maximum atomic E-state index is 12.8. The van der Waals surface area contributed by atoms with E-state index in [9.17, 15) is 13.2 Å². The summed E-state index contributed by atoms with van der Waals surface area (Å²) in [5.74, 6) is -0.281. The van der Waals surface area contributed by atoms with Crippen molar-refractivity contribution >= 4 is 21.6 Å². The molecule has 0 atom stereocenters. The predicted molar refractivity (Wildman–Crippen MR) is 99.6 cm³/mol. The number of benzene rings is 1. The molecule has 7 nitrogen and oxygen atoms in total. The van der Waals surface area contributed by atoms with Gasteiger partial charge in [0.1, 0.15) is 5.69 Å². The summed E-state index contributed by atoms with van der Waals surface area (Å²) < 4.78 is 28.6. The van der Waals surface area contributed by atoms with Gasteiger partial charge in [-0.25, -0.2) is 8.42 Å². The first kappa shape index (κ1) is 18.6. The molecule has 1 aliphatic rings. The van der Waals surface area contributed by atoms with E-state index >= 15 is 0 Å². The number of rotatable bonds is 4. The van der Waals surface area contributed by atoms with Gasteiger partial charge in [0.25, 0.3) is 5.91 Å². The predicted octanol–water partition coefficient (Wildman–Crippen LogP) is 2.55. The lowest BCUT2D eigenvalue weighted by molar-refractivity contribution is 0.101. The van der Waals surface area contributed by atoms with Crippen LogP contribution in [0.5, 0.6) is 0 Å². The molecule has 1 aromatic heterocycles. The molecule has 2 aromatic rings. The van der Waals surface area contributed by atoms with Crippen molar-refractivity contribution < 1.29 is 13.2 Å². The van der Waals surface area contributed by atoms with Crippen molar-refractivity contribution in [3.8, 4) is 0 Å². The number of amides is 1. The maximum Gasteiger partial charge on any atom is 0.273 e. The van der Waals surface area contributed by atoms with E-state index in [0.29, 0.717) is 24.5 Å². The highest BCUT2D eigenvalue weighted by atomic mass is 32.2. The number of carbonyl (C=O) groups excluding carboxylic acids is 1. The molecule has 0 saturated carbocycles. The molecular weight excluding hydrogens is 352 g/mol. The fraction of sp³-hybridized carbons (Fsp3) is 0.444. The lowest BCUT2D eigenvalue weighted by Gasteiger charge is -2.20. The first-order valence-electron chi connectivity index (χ1n) is 8.80. The average Bonchev–Trinajstić information content (AvgIpc) is 2.80. The Bertz CT molecular complexity index is 880. The van der Waals surface area contributed by atoms with E-state index in [1.807, 2.05) is 6.92 Å². The number of aromatic nitrogens is 2. The number of hydrogen-bond acceptors (Lipinski definition) is 4. The molecule has 0 unspecified atom stereocenters. The van der Waals surface area contributed by atoms with Crippen LogP contribution in [0.3, 0.4) is 0 Å². The minimum Gasteiger partial charge on any atom is -0.321 e. The number of aryl methyl sites for hydroxylation is 2. The first-order valence-corrected chi connectivity index (χ1v) is 10.2. The Labute approximate surface area is 154 Å². The van der Waals surface area contributed by atoms with Crippen molar-refractivity contribution in [1.82, 2.24) is 14.1 Å². The fourth-order valence-electron chi connectivity index (χ4n) is 3.16. The molecule has 0 spiro atoms. The van der Waals surface area contributed by atoms with Gasteiger partial charge in [-0.05, 0) is 50.1 Å². The molecule has 26 heavy (non-hydrogen) atoms. The Hall–Kier alpha value is -2.19. The summed E-state index contributed by atoms with van der Waals surface area (Å²) in [4.78, 5) is 12.6. The summed E-state index contributed by atoms with van der Waals surface area (Å²) in [5, 5.41) is 6.92. The summed E-state index contributed by atoms with van der Waals surface area (Å²) in [6.07, 6.45) is 3.95. The Balaban J connectivity index is 1.73. The molecule has 2 heterocycles. The molecule has 8 heteroatoms. The summed E-state index contributed by atoms with van der Waals surface area (Å²) >= 11 is 0. The van der Waals surface area contributed by atoms with Gasteiger partial charge in [0, 0.05) is 25.8 Å². The summed E-state index contributed by atoms with van der Waals surface area (Å²) in [6.45, 7) is 2.96. The standard InChI is InChI=1S/C18H24N4O3S/c1-14-13-17(21(2)20-14)18(23)19-15-7-9-16(10-8-15)26(24,25)22-11-5-3-4-6-12-22/h7-10,13H,3-6,11-12H2,1-2H3,(H,19,23). The Morgan fingerprint density at radius 2 is 1.69 bits per heavy atom. The van der Waals surface area contributed by atoms with Crippen LogP contribution in [-0.4, -0.2) is 41.5 Å². The number of hydrogen-bond donors (Lipinski definition) is 1. The smallest absolute Gasteiger partial charge is 0.273 e. The van der Waals surface area contributed by atoms with E-state index in [1.54, 1.807) is 41.7 Å². The monoisotopic (exact) mass is 376 g/mol. The van der Waals surface area contributed by atoms with Gasteiger partial charge in [0.15, 0.2) is 0 Å². The van der Waals surface area contributed by atoms with Crippen molar-refractivity contribution in [1.29, 1.82) is 0 Å². The van der Waals surface area contributed by atoms with Gasteiger partial charge in [-0.2, -0.15) is 9.40 Å². The van der Waals surface area contributed by atoms with Crippen LogP contribution in [0.1, 0.15) is 41.9 Å². The molecule has 0 radical (unpaired) electrons. The maximum absolute atomic E-state index is 12.8. The average molecular weight is 376 g/mol. The van der Waals surface area contributed by atoms with Gasteiger partial charge in [-0.3, -0.25) is 9.48 Å². The van der Waals surface area contributed by atoms with E-state index in [1.165, 1.54) is 4.68 Å². The normalized spacial score (nSPS) is 16.2. The van der Waals surface area contributed by atoms with E-state index in [4.69, 9.17) is 0 Å². The highest BCUT2D eigenvalue weighted by Gasteiger charge is 2.25. The van der Waals surface area contributed by atoms with E-state index < -0.39 is 10.0 Å². The highest BCUT2D eigenvalue weighted by Crippen LogP contribution is 2.22. The zero-order valence-corrected chi connectivity index (χ0v) is 15.9. The van der Waals surface area contributed by atoms with Crippen molar-refractivity contribution in [3.63, 3.8) is 0 Å². The van der Waals surface area contributed by atoms with E-state index in [0.717, 1.165) is 31.4 Å². The van der Waals surface area contributed by atoms with Crippen molar-refractivity contribution in [2.75, 3.05) is 18.4 Å². The summed E-state index contributed by atoms with van der Waals surface area (Å²) in [5.41, 5.74) is 1.75. The van der Waals surface area contributed by atoms with Gasteiger partial charge in [-0.15, -0.1) is 0 Å². The van der Waals surface area contributed by atoms with Crippen molar-refractivity contribution in [2.24, 2.45) is 7.05 Å². The molecule has 1 aromatic carbocycles. The van der Waals surface area contributed by atoms with Gasteiger partial charge in [-0.1, -0.05) is 12.8 Å². The van der Waals surface area contributed by atoms with Gasteiger partial charge < -0.3 is 5.32 Å². The second-order valence-electron chi connectivity index (χ2n) is 6.59. The third kappa shape index (κ3) is 3.96. The molecule has 3 rings (SSSR count). The number of carbonyl (C=O) groups is 1. The number of anilines is 1. The lowest BCUT2D eigenvalue weighted by Crippen LogP contribution is -2.31. The molecule has 1 saturated heterocycles. The second kappa shape index (κ2) is 7.59. The summed E-state index contributed by atoms with van der Waals surface area (Å²) in [7, 11) is -1.77. The minimum absolute atomic E-state index is 0.258. The van der Waals surface area contributed by atoms with Crippen LogP contribution >= 0.6 is 0 Å². The topological polar surface area (TPSA) is 84.3 Å². The van der Waals surface area contributed by atoms with Crippen LogP contribution in [0.25, 0.3) is 0 Å². The SMILES string of the molecule is Cc1cc(C(=O)Nc2ccc(S(=O)(=O)N3CCCCCC3)cc2)n(C)n1. The zero-order valence-electron chi connectivity index (χ0n) is 15.1. The van der Waals surface area contributed by atoms with Crippen LogP contribution in [0, 0.1) is 6.92 Å². The molecule has 0 bridgehead atoms. The summed E-state index contributed by atoms with van der Waals surface area (Å²) in [6, 6.07) is 8.03. The minimum atomic E-state index is -3.48. The fourth-order valence-corrected chi connectivity index (χ4v) is 4.68. The van der Waals surface area contributed by atoms with Gasteiger partial charge in [0.05, 0.1) is 10.6 Å². The van der Waals surface area contributed by atoms with E-state index in [2.05, 4.69) is 10.4 Å². The molecule has 1 N–H and O–H groups in total. The number of nitrogens with one attached hydrogen (secondary N) is 1. The first-order chi connectivity index (χ1) is 12.4. The molecule has 140 valence electrons. The third-order valence-corrected chi connectivity index (χ3v) is 6.46. The molecule has 0 aliphatic carbocycles. The molecule has 1 fully saturated rings. The Kier molecular flexibility index (Phi) is 5.43. The van der Waals surface area contributed by atoms with Gasteiger partial charge in [0.2, 0.25) is 10.0 Å². The Morgan fingerprint density at radius 3 is 2.23 bits per heavy atom. The van der Waals surface area contributed by atoms with Crippen molar-refractivity contribution in [3.05, 3.63) is 41.7 Å². The van der Waals surface area contributed by atoms with Crippen LogP contribution in [0.2, 0.25) is 0 Å². The van der Waals surface area contributed by atoms with Crippen LogP contribution in [-0.2, 0) is 17.1 Å². The molecule has 1 aliphatic heterocycles. The Morgan fingerprint density at radius 1 is 1.08 bits per heavy atom. The van der Waals surface area contributed by atoms with Crippen molar-refractivity contribution in [2.45, 2.75) is 37.5 Å². The highest BCUT2D eigenvalue weighted by molar-refractivity contribution is 7.89. The van der Waals surface area contributed by atoms with Crippen LogP contribution in [0.4, 0.5) is 5.69 Å². The number of sulfonamides is 1. The zero-order chi connectivity index (χ0) is 18.7. The molecule has 1 amide bonds. The van der Waals surface area contributed by atoms with Crippen LogP contribution in [0.15, 0.2) is 35.2 Å². The largest absolute Gasteiger partial charge is 0.321 e. The second-order valence-corrected chi connectivity index (χ2v) is 8.53. The number of nitrogens with zero attached hydrogens (tertiary/aromatic N) is 3. The molecular formula is C18H24N4O3S. The third-order valence-electron chi connectivity index (χ3n) is 4.55. The van der Waals surface area contributed by atoms with Crippen LogP contribution < -0.4 is 5.32 Å². The van der Waals surface area contributed by atoms with E-state index in [-0.39, 0.29) is 10.8 Å².